The minimum absolute atomic E-state index is 0.000211. The van der Waals surface area contributed by atoms with Crippen molar-refractivity contribution >= 4 is 11.9 Å². The maximum Gasteiger partial charge on any atom is 0.305 e. The quantitative estimate of drug-likeness (QED) is 0.0321. The molecule has 0 bridgehead atoms. The minimum atomic E-state index is -0.853. The first-order valence-electron chi connectivity index (χ1n) is 27.6. The molecule has 0 aliphatic rings. The van der Waals surface area contributed by atoms with Gasteiger partial charge in [-0.25, -0.2) is 0 Å². The van der Waals surface area contributed by atoms with Crippen molar-refractivity contribution in [2.24, 2.45) is 0 Å². The third-order valence-corrected chi connectivity index (χ3v) is 12.7. The van der Waals surface area contributed by atoms with E-state index in [9.17, 15) is 19.8 Å². The number of aliphatic hydroxyl groups is 2. The first kappa shape index (κ1) is 60.3. The lowest BCUT2D eigenvalue weighted by atomic mass is 10.0. The molecule has 0 saturated heterocycles. The van der Waals surface area contributed by atoms with Gasteiger partial charge in [0, 0.05) is 12.8 Å². The number of carbonyl (C=O) groups is 2. The van der Waals surface area contributed by atoms with Crippen LogP contribution in [0.15, 0.2) is 24.3 Å². The lowest BCUT2D eigenvalue weighted by molar-refractivity contribution is -0.143. The van der Waals surface area contributed by atoms with Crippen LogP contribution < -0.4 is 5.32 Å². The third kappa shape index (κ3) is 47.8. The summed E-state index contributed by atoms with van der Waals surface area (Å²) in [5.74, 6) is -0.0858. The first-order chi connectivity index (χ1) is 30.5. The maximum absolute atomic E-state index is 12.4. The normalized spacial score (nSPS) is 12.8. The van der Waals surface area contributed by atoms with Crippen molar-refractivity contribution in [3.63, 3.8) is 0 Å². The van der Waals surface area contributed by atoms with Gasteiger partial charge in [-0.05, 0) is 57.8 Å². The van der Waals surface area contributed by atoms with Crippen molar-refractivity contribution < 1.29 is 24.5 Å². The van der Waals surface area contributed by atoms with Gasteiger partial charge in [0.05, 0.1) is 25.4 Å². The van der Waals surface area contributed by atoms with Gasteiger partial charge in [0.2, 0.25) is 5.91 Å². The minimum Gasteiger partial charge on any atom is -0.466 e. The number of nitrogens with one attached hydrogen (secondary N) is 1. The van der Waals surface area contributed by atoms with Crippen molar-refractivity contribution in [1.29, 1.82) is 0 Å². The summed E-state index contributed by atoms with van der Waals surface area (Å²) in [5, 5.41) is 23.0. The number of allylic oxidation sites excluding steroid dienone is 3. The molecule has 0 aliphatic heterocycles. The van der Waals surface area contributed by atoms with Crippen LogP contribution >= 0.6 is 0 Å². The maximum atomic E-state index is 12.4. The predicted molar refractivity (Wildman–Crippen MR) is 269 cm³/mol. The van der Waals surface area contributed by atoms with Crippen molar-refractivity contribution in [3.8, 4) is 0 Å². The van der Waals surface area contributed by atoms with Crippen molar-refractivity contribution in [2.75, 3.05) is 13.2 Å². The number of rotatable bonds is 51. The van der Waals surface area contributed by atoms with Gasteiger partial charge in [0.1, 0.15) is 0 Å². The molecule has 0 aromatic heterocycles. The largest absolute Gasteiger partial charge is 0.466 e. The van der Waals surface area contributed by atoms with E-state index in [1.807, 2.05) is 6.08 Å². The van der Waals surface area contributed by atoms with Gasteiger partial charge in [-0.1, -0.05) is 250 Å². The van der Waals surface area contributed by atoms with Crippen LogP contribution in [0, 0.1) is 0 Å². The Morgan fingerprint density at radius 2 is 0.758 bits per heavy atom. The average Bonchev–Trinajstić information content (AvgIpc) is 3.27. The number of hydrogen-bond acceptors (Lipinski definition) is 5. The first-order valence-corrected chi connectivity index (χ1v) is 27.6. The second kappa shape index (κ2) is 52.0. The van der Waals surface area contributed by atoms with E-state index < -0.39 is 12.1 Å². The SMILES string of the molecule is CCCCCCCCCCC/C=C/C(O)C(CO)NC(=O)CCCCCCC/C=C\CCCCCCCCCOC(=O)CCCCCCCCCCCCCCCCCCCC. The van der Waals surface area contributed by atoms with Crippen LogP contribution in [0.2, 0.25) is 0 Å². The number of aliphatic hydroxyl groups excluding tert-OH is 2. The molecular weight excluding hydrogens is 767 g/mol. The lowest BCUT2D eigenvalue weighted by Gasteiger charge is -2.20. The van der Waals surface area contributed by atoms with Crippen LogP contribution in [-0.4, -0.2) is 47.4 Å². The molecule has 2 unspecified atom stereocenters. The Morgan fingerprint density at radius 1 is 0.435 bits per heavy atom. The van der Waals surface area contributed by atoms with E-state index in [0.29, 0.717) is 19.4 Å². The molecule has 0 aliphatic carbocycles. The molecule has 2 atom stereocenters. The van der Waals surface area contributed by atoms with Gasteiger partial charge in [0.25, 0.3) is 0 Å². The summed E-state index contributed by atoms with van der Waals surface area (Å²) >= 11 is 0. The molecule has 6 nitrogen and oxygen atoms in total. The standard InChI is InChI=1S/C56H107NO5/c1-3-5-7-9-11-13-15-16-17-18-19-23-26-30-34-38-42-46-50-56(61)62-51-47-43-39-35-31-27-24-21-20-22-25-29-33-37-41-45-49-55(60)57-53(52-58)54(59)48-44-40-36-32-28-14-12-10-8-6-4-2/h20,22,44,48,53-54,58-59H,3-19,21,23-43,45-47,49-52H2,1-2H3,(H,57,60)/b22-20-,48-44+. The Labute approximate surface area is 386 Å². The Bertz CT molecular complexity index is 966. The number of carbonyl (C=O) groups excluding carboxylic acids is 2. The zero-order chi connectivity index (χ0) is 45.1. The summed E-state index contributed by atoms with van der Waals surface area (Å²) in [5.41, 5.74) is 0. The molecule has 0 spiro atoms. The monoisotopic (exact) mass is 874 g/mol. The van der Waals surface area contributed by atoms with E-state index >= 15 is 0 Å². The average molecular weight is 874 g/mol. The van der Waals surface area contributed by atoms with Crippen LogP contribution in [0.25, 0.3) is 0 Å². The zero-order valence-electron chi connectivity index (χ0n) is 41.6. The molecule has 0 aromatic carbocycles. The molecule has 0 fully saturated rings. The molecule has 0 radical (unpaired) electrons. The van der Waals surface area contributed by atoms with E-state index in [1.54, 1.807) is 6.08 Å². The Balaban J connectivity index is 3.44. The highest BCUT2D eigenvalue weighted by Gasteiger charge is 2.18. The molecule has 366 valence electrons. The van der Waals surface area contributed by atoms with Gasteiger partial charge in [-0.3, -0.25) is 9.59 Å². The molecule has 0 aromatic rings. The van der Waals surface area contributed by atoms with Crippen LogP contribution in [0.5, 0.6) is 0 Å². The Morgan fingerprint density at radius 3 is 1.15 bits per heavy atom. The highest BCUT2D eigenvalue weighted by molar-refractivity contribution is 5.76. The lowest BCUT2D eigenvalue weighted by Crippen LogP contribution is -2.45. The second-order valence-corrected chi connectivity index (χ2v) is 18.9. The number of amides is 1. The molecular formula is C56H107NO5. The summed E-state index contributed by atoms with van der Waals surface area (Å²) in [6.07, 6.45) is 61.9. The highest BCUT2D eigenvalue weighted by atomic mass is 16.5. The summed E-state index contributed by atoms with van der Waals surface area (Å²) < 4.78 is 5.48. The van der Waals surface area contributed by atoms with E-state index in [1.165, 1.54) is 205 Å². The van der Waals surface area contributed by atoms with E-state index in [-0.39, 0.29) is 18.5 Å². The fraction of sp³-hybridized carbons (Fsp3) is 0.893. The van der Waals surface area contributed by atoms with Crippen molar-refractivity contribution in [1.82, 2.24) is 5.32 Å². The van der Waals surface area contributed by atoms with Crippen LogP contribution in [0.3, 0.4) is 0 Å². The highest BCUT2D eigenvalue weighted by Crippen LogP contribution is 2.16. The Kier molecular flexibility index (Phi) is 50.6. The second-order valence-electron chi connectivity index (χ2n) is 18.9. The topological polar surface area (TPSA) is 95.9 Å². The van der Waals surface area contributed by atoms with Gasteiger partial charge < -0.3 is 20.3 Å². The molecule has 0 heterocycles. The third-order valence-electron chi connectivity index (χ3n) is 12.7. The molecule has 1 amide bonds. The molecule has 6 heteroatoms. The van der Waals surface area contributed by atoms with Crippen LogP contribution in [0.1, 0.15) is 296 Å². The smallest absolute Gasteiger partial charge is 0.305 e. The van der Waals surface area contributed by atoms with Gasteiger partial charge in [-0.2, -0.15) is 0 Å². The summed E-state index contributed by atoms with van der Waals surface area (Å²) in [7, 11) is 0. The van der Waals surface area contributed by atoms with Gasteiger partial charge in [0.15, 0.2) is 0 Å². The summed E-state index contributed by atoms with van der Waals surface area (Å²) in [4.78, 5) is 24.5. The summed E-state index contributed by atoms with van der Waals surface area (Å²) in [6, 6.07) is -0.638. The van der Waals surface area contributed by atoms with Gasteiger partial charge >= 0.3 is 5.97 Å². The summed E-state index contributed by atoms with van der Waals surface area (Å²) in [6.45, 7) is 4.87. The fourth-order valence-electron chi connectivity index (χ4n) is 8.45. The van der Waals surface area contributed by atoms with E-state index in [4.69, 9.17) is 4.74 Å². The van der Waals surface area contributed by atoms with Crippen molar-refractivity contribution in [3.05, 3.63) is 24.3 Å². The number of unbranched alkanes of at least 4 members (excludes halogenated alkanes) is 38. The van der Waals surface area contributed by atoms with Crippen LogP contribution in [-0.2, 0) is 14.3 Å². The fourth-order valence-corrected chi connectivity index (χ4v) is 8.45. The number of esters is 1. The number of ether oxygens (including phenoxy) is 1. The van der Waals surface area contributed by atoms with E-state index in [0.717, 1.165) is 64.2 Å². The molecule has 3 N–H and O–H groups in total. The van der Waals surface area contributed by atoms with E-state index in [2.05, 4.69) is 31.3 Å². The molecule has 62 heavy (non-hydrogen) atoms. The van der Waals surface area contributed by atoms with Crippen LogP contribution in [0.4, 0.5) is 0 Å². The van der Waals surface area contributed by atoms with Crippen molar-refractivity contribution in [2.45, 2.75) is 309 Å². The predicted octanol–water partition coefficient (Wildman–Crippen LogP) is 16.7. The number of hydrogen-bond donors (Lipinski definition) is 3. The molecule has 0 rings (SSSR count). The molecule has 0 saturated carbocycles. The Hall–Kier alpha value is -1.66. The van der Waals surface area contributed by atoms with Gasteiger partial charge in [-0.15, -0.1) is 0 Å². The zero-order valence-corrected chi connectivity index (χ0v) is 41.6.